The monoisotopic (exact) mass is 210 g/mol. The minimum Gasteiger partial charge on any atom is -0.361 e. The zero-order valence-electron chi connectivity index (χ0n) is 7.94. The van der Waals surface area contributed by atoms with Crippen LogP contribution >= 0.6 is 12.2 Å². The van der Waals surface area contributed by atoms with Crippen LogP contribution in [0.2, 0.25) is 0 Å². The molecule has 0 aliphatic heterocycles. The summed E-state index contributed by atoms with van der Waals surface area (Å²) in [4.78, 5) is 0. The summed E-state index contributed by atoms with van der Waals surface area (Å²) in [7, 11) is 0. The van der Waals surface area contributed by atoms with Gasteiger partial charge in [0.15, 0.2) is 5.11 Å². The molecule has 0 unspecified atom stereocenters. The highest BCUT2D eigenvalue weighted by atomic mass is 32.1. The van der Waals surface area contributed by atoms with Gasteiger partial charge in [0.2, 0.25) is 0 Å². The second-order valence-electron chi connectivity index (χ2n) is 3.44. The lowest BCUT2D eigenvalue weighted by molar-refractivity contribution is 0.600. The lowest BCUT2D eigenvalue weighted by Crippen LogP contribution is -2.38. The van der Waals surface area contributed by atoms with E-state index in [4.69, 9.17) is 12.2 Å². The van der Waals surface area contributed by atoms with Crippen molar-refractivity contribution in [3.63, 3.8) is 0 Å². The predicted octanol–water partition coefficient (Wildman–Crippen LogP) is 0.510. The summed E-state index contributed by atoms with van der Waals surface area (Å²) in [6.45, 7) is 1.67. The van der Waals surface area contributed by atoms with E-state index in [1.165, 1.54) is 12.8 Å². The van der Waals surface area contributed by atoms with E-state index in [2.05, 4.69) is 15.7 Å². The van der Waals surface area contributed by atoms with E-state index in [9.17, 15) is 0 Å². The summed E-state index contributed by atoms with van der Waals surface area (Å²) >= 11 is 5.11. The first-order valence-corrected chi connectivity index (χ1v) is 5.27. The van der Waals surface area contributed by atoms with Crippen molar-refractivity contribution in [2.75, 3.05) is 6.54 Å². The van der Waals surface area contributed by atoms with Gasteiger partial charge >= 0.3 is 0 Å². The Balaban J connectivity index is 1.60. The van der Waals surface area contributed by atoms with Crippen LogP contribution in [-0.2, 0) is 6.54 Å². The number of rotatable bonds is 4. The molecule has 0 spiro atoms. The van der Waals surface area contributed by atoms with Crippen molar-refractivity contribution >= 4 is 17.3 Å². The molecule has 2 rings (SSSR count). The number of nitrogens with zero attached hydrogens (tertiary/aromatic N) is 2. The van der Waals surface area contributed by atoms with Gasteiger partial charge in [-0.25, -0.2) is 0 Å². The fourth-order valence-corrected chi connectivity index (χ4v) is 1.45. The van der Waals surface area contributed by atoms with Crippen molar-refractivity contribution in [3.05, 3.63) is 18.5 Å². The van der Waals surface area contributed by atoms with Crippen LogP contribution in [0.15, 0.2) is 18.5 Å². The van der Waals surface area contributed by atoms with Crippen LogP contribution in [0.4, 0.5) is 0 Å². The molecule has 2 N–H and O–H groups in total. The molecule has 5 heteroatoms. The minimum absolute atomic E-state index is 0.625. The van der Waals surface area contributed by atoms with Crippen LogP contribution < -0.4 is 10.6 Å². The second kappa shape index (κ2) is 4.41. The van der Waals surface area contributed by atoms with Crippen molar-refractivity contribution in [3.8, 4) is 0 Å². The molecule has 0 radical (unpaired) electrons. The number of hydrogen-bond acceptors (Lipinski definition) is 2. The predicted molar refractivity (Wildman–Crippen MR) is 59.0 cm³/mol. The fourth-order valence-electron chi connectivity index (χ4n) is 1.18. The van der Waals surface area contributed by atoms with Crippen molar-refractivity contribution in [2.24, 2.45) is 0 Å². The van der Waals surface area contributed by atoms with E-state index in [1.807, 2.05) is 16.9 Å². The van der Waals surface area contributed by atoms with Crippen LogP contribution in [0.3, 0.4) is 0 Å². The minimum atomic E-state index is 0.625. The van der Waals surface area contributed by atoms with E-state index < -0.39 is 0 Å². The second-order valence-corrected chi connectivity index (χ2v) is 3.85. The highest BCUT2D eigenvalue weighted by Crippen LogP contribution is 2.18. The number of thiocarbonyl (C=S) groups is 1. The molecule has 1 saturated carbocycles. The van der Waals surface area contributed by atoms with E-state index >= 15 is 0 Å². The number of hydrogen-bond donors (Lipinski definition) is 2. The Labute approximate surface area is 88.7 Å². The van der Waals surface area contributed by atoms with Crippen LogP contribution in [0, 0.1) is 0 Å². The molecule has 76 valence electrons. The molecular weight excluding hydrogens is 196 g/mol. The summed E-state index contributed by atoms with van der Waals surface area (Å²) in [5, 5.41) is 11.2. The molecule has 1 aliphatic rings. The zero-order valence-corrected chi connectivity index (χ0v) is 8.76. The summed E-state index contributed by atoms with van der Waals surface area (Å²) in [5.74, 6) is 0. The summed E-state index contributed by atoms with van der Waals surface area (Å²) in [5.41, 5.74) is 0. The first-order valence-electron chi connectivity index (χ1n) is 4.86. The molecule has 0 saturated heterocycles. The maximum atomic E-state index is 5.11. The normalized spacial score (nSPS) is 15.1. The number of aromatic nitrogens is 2. The Hall–Kier alpha value is -1.10. The molecular formula is C9H14N4S. The van der Waals surface area contributed by atoms with Gasteiger partial charge in [0.25, 0.3) is 0 Å². The van der Waals surface area contributed by atoms with Crippen LogP contribution in [0.25, 0.3) is 0 Å². The van der Waals surface area contributed by atoms with Crippen LogP contribution in [0.5, 0.6) is 0 Å². The Morgan fingerprint density at radius 1 is 1.57 bits per heavy atom. The Kier molecular flexibility index (Phi) is 2.98. The van der Waals surface area contributed by atoms with Crippen LogP contribution in [0.1, 0.15) is 12.8 Å². The van der Waals surface area contributed by atoms with Crippen molar-refractivity contribution in [2.45, 2.75) is 25.4 Å². The van der Waals surface area contributed by atoms with Gasteiger partial charge in [-0.05, 0) is 31.1 Å². The van der Waals surface area contributed by atoms with Gasteiger partial charge in [-0.3, -0.25) is 4.68 Å². The maximum absolute atomic E-state index is 5.11. The molecule has 0 aromatic carbocycles. The van der Waals surface area contributed by atoms with E-state index in [-0.39, 0.29) is 0 Å². The zero-order chi connectivity index (χ0) is 9.80. The molecule has 4 nitrogen and oxygen atoms in total. The van der Waals surface area contributed by atoms with E-state index in [0.717, 1.165) is 18.2 Å². The Bertz CT molecular complexity index is 292. The third-order valence-corrected chi connectivity index (χ3v) is 2.36. The molecule has 1 heterocycles. The fraction of sp³-hybridized carbons (Fsp3) is 0.556. The first kappa shape index (κ1) is 9.45. The standard InChI is InChI=1S/C9H14N4S/c14-9(12-8-2-3-8)10-5-7-13-6-1-4-11-13/h1,4,6,8H,2-3,5,7H2,(H2,10,12,14). The average molecular weight is 210 g/mol. The maximum Gasteiger partial charge on any atom is 0.166 e. The molecule has 0 bridgehead atoms. The Morgan fingerprint density at radius 3 is 3.07 bits per heavy atom. The lowest BCUT2D eigenvalue weighted by atomic mass is 10.6. The quantitative estimate of drug-likeness (QED) is 0.711. The smallest absolute Gasteiger partial charge is 0.166 e. The summed E-state index contributed by atoms with van der Waals surface area (Å²) < 4.78 is 1.88. The summed E-state index contributed by atoms with van der Waals surface area (Å²) in [6.07, 6.45) is 6.22. The first-order chi connectivity index (χ1) is 6.84. The third kappa shape index (κ3) is 2.99. The third-order valence-electron chi connectivity index (χ3n) is 2.10. The van der Waals surface area contributed by atoms with Gasteiger partial charge in [-0.2, -0.15) is 5.10 Å². The molecule has 1 fully saturated rings. The molecule has 1 aromatic rings. The highest BCUT2D eigenvalue weighted by molar-refractivity contribution is 7.80. The topological polar surface area (TPSA) is 41.9 Å². The van der Waals surface area contributed by atoms with Crippen molar-refractivity contribution < 1.29 is 0 Å². The van der Waals surface area contributed by atoms with Gasteiger partial charge in [-0.15, -0.1) is 0 Å². The van der Waals surface area contributed by atoms with Gasteiger partial charge < -0.3 is 10.6 Å². The average Bonchev–Trinajstić information content (AvgIpc) is 2.82. The van der Waals surface area contributed by atoms with E-state index in [1.54, 1.807) is 6.20 Å². The van der Waals surface area contributed by atoms with Crippen molar-refractivity contribution in [1.82, 2.24) is 20.4 Å². The van der Waals surface area contributed by atoms with Gasteiger partial charge in [-0.1, -0.05) is 0 Å². The highest BCUT2D eigenvalue weighted by Gasteiger charge is 2.21. The lowest BCUT2D eigenvalue weighted by Gasteiger charge is -2.09. The van der Waals surface area contributed by atoms with Gasteiger partial charge in [0, 0.05) is 25.0 Å². The molecule has 14 heavy (non-hydrogen) atoms. The van der Waals surface area contributed by atoms with Gasteiger partial charge in [0.05, 0.1) is 6.54 Å². The van der Waals surface area contributed by atoms with E-state index in [0.29, 0.717) is 6.04 Å². The molecule has 1 aliphatic carbocycles. The number of nitrogens with one attached hydrogen (secondary N) is 2. The van der Waals surface area contributed by atoms with Crippen LogP contribution in [-0.4, -0.2) is 27.5 Å². The summed E-state index contributed by atoms with van der Waals surface area (Å²) in [6, 6.07) is 2.54. The largest absolute Gasteiger partial charge is 0.361 e. The SMILES string of the molecule is S=C(NCCn1cccn1)NC1CC1. The van der Waals surface area contributed by atoms with Crippen molar-refractivity contribution in [1.29, 1.82) is 0 Å². The molecule has 0 atom stereocenters. The van der Waals surface area contributed by atoms with Gasteiger partial charge in [0.1, 0.15) is 0 Å². The Morgan fingerprint density at radius 2 is 2.43 bits per heavy atom. The molecule has 0 amide bonds. The molecule has 1 aromatic heterocycles.